The highest BCUT2D eigenvalue weighted by Crippen LogP contribution is 2.38. The molecule has 1 aliphatic heterocycles. The summed E-state index contributed by atoms with van der Waals surface area (Å²) < 4.78 is 28.8. The Morgan fingerprint density at radius 2 is 1.56 bits per heavy atom. The lowest BCUT2D eigenvalue weighted by atomic mass is 9.75. The summed E-state index contributed by atoms with van der Waals surface area (Å²) >= 11 is 0. The topological polar surface area (TPSA) is 126 Å². The van der Waals surface area contributed by atoms with Gasteiger partial charge in [-0.3, -0.25) is 19.2 Å². The van der Waals surface area contributed by atoms with Crippen molar-refractivity contribution in [1.82, 2.24) is 5.32 Å². The summed E-state index contributed by atoms with van der Waals surface area (Å²) in [6.07, 6.45) is -1.45. The minimum atomic E-state index is -1.12. The van der Waals surface area contributed by atoms with Gasteiger partial charge in [-0.15, -0.1) is 0 Å². The van der Waals surface area contributed by atoms with Crippen molar-refractivity contribution in [3.8, 4) is 0 Å². The molecule has 1 amide bonds. The van der Waals surface area contributed by atoms with E-state index in [1.165, 1.54) is 27.7 Å². The van der Waals surface area contributed by atoms with Gasteiger partial charge < -0.3 is 29.0 Å². The quantitative estimate of drug-likeness (QED) is 0.406. The van der Waals surface area contributed by atoms with Crippen molar-refractivity contribution in [2.45, 2.75) is 104 Å². The zero-order valence-corrected chi connectivity index (χ0v) is 21.2. The van der Waals surface area contributed by atoms with E-state index >= 15 is 0 Å². The van der Waals surface area contributed by atoms with Crippen LogP contribution in [0.15, 0.2) is 0 Å². The zero-order chi connectivity index (χ0) is 25.6. The summed E-state index contributed by atoms with van der Waals surface area (Å²) in [5.41, 5.74) is 0. The van der Waals surface area contributed by atoms with Crippen molar-refractivity contribution in [3.05, 3.63) is 0 Å². The van der Waals surface area contributed by atoms with Crippen LogP contribution in [0.1, 0.15) is 67.7 Å². The lowest BCUT2D eigenvalue weighted by Crippen LogP contribution is -2.67. The van der Waals surface area contributed by atoms with Gasteiger partial charge >= 0.3 is 17.9 Å². The fraction of sp³-hybridized carbons (Fsp3) is 0.833. The van der Waals surface area contributed by atoms with Crippen molar-refractivity contribution in [2.75, 3.05) is 6.61 Å². The van der Waals surface area contributed by atoms with Crippen molar-refractivity contribution >= 4 is 23.8 Å². The molecule has 2 aliphatic rings. The first-order chi connectivity index (χ1) is 15.9. The molecular formula is C24H39NO9. The predicted molar refractivity (Wildman–Crippen MR) is 120 cm³/mol. The van der Waals surface area contributed by atoms with Crippen LogP contribution in [0.5, 0.6) is 0 Å². The molecule has 1 heterocycles. The maximum atomic E-state index is 12.1. The van der Waals surface area contributed by atoms with Gasteiger partial charge in [0, 0.05) is 27.7 Å². The Labute approximate surface area is 201 Å². The third kappa shape index (κ3) is 7.94. The van der Waals surface area contributed by atoms with Gasteiger partial charge in [-0.1, -0.05) is 27.2 Å². The molecule has 10 nitrogen and oxygen atoms in total. The first-order valence-electron chi connectivity index (χ1n) is 11.9. The Kier molecular flexibility index (Phi) is 10.3. The SMILES string of the molecule is CC(=O)N[C@H]1[C@@H](O[C@H]2C[C@@H](C)CC[C@@H]2C(C)C)O[C@H](COC(C)=O)[C@@H](OC(C)=O)[C@@H]1OC(C)=O. The molecule has 2 fully saturated rings. The van der Waals surface area contributed by atoms with Gasteiger partial charge in [0.15, 0.2) is 18.5 Å². The number of ether oxygens (including phenoxy) is 5. The standard InChI is InChI=1S/C24H39NO9/c1-12(2)18-9-8-13(3)10-19(18)33-24-21(25-14(4)26)23(32-17(7)29)22(31-16(6)28)20(34-24)11-30-15(5)27/h12-13,18-24H,8-11H2,1-7H3,(H,25,26)/t13-,18+,19-,20+,21+,22+,23+,24-/m0/s1. The van der Waals surface area contributed by atoms with E-state index in [1.807, 2.05) is 0 Å². The Bertz CT molecular complexity index is 740. The number of hydrogen-bond acceptors (Lipinski definition) is 9. The van der Waals surface area contributed by atoms with Crippen LogP contribution in [0.4, 0.5) is 0 Å². The van der Waals surface area contributed by atoms with Gasteiger partial charge in [0.05, 0.1) is 6.10 Å². The van der Waals surface area contributed by atoms with Gasteiger partial charge in [-0.2, -0.15) is 0 Å². The molecule has 0 aromatic heterocycles. The molecule has 1 aliphatic carbocycles. The molecule has 0 bridgehead atoms. The highest BCUT2D eigenvalue weighted by molar-refractivity contribution is 5.73. The normalized spacial score (nSPS) is 33.6. The molecule has 0 radical (unpaired) electrons. The van der Waals surface area contributed by atoms with Gasteiger partial charge in [-0.25, -0.2) is 0 Å². The van der Waals surface area contributed by atoms with E-state index in [-0.39, 0.29) is 18.6 Å². The van der Waals surface area contributed by atoms with Crippen molar-refractivity contribution in [3.63, 3.8) is 0 Å². The average molecular weight is 486 g/mol. The second-order valence-electron chi connectivity index (χ2n) is 9.72. The molecule has 8 atom stereocenters. The number of rotatable bonds is 8. The zero-order valence-electron chi connectivity index (χ0n) is 21.2. The molecule has 34 heavy (non-hydrogen) atoms. The van der Waals surface area contributed by atoms with Crippen LogP contribution < -0.4 is 5.32 Å². The largest absolute Gasteiger partial charge is 0.463 e. The second-order valence-corrected chi connectivity index (χ2v) is 9.72. The lowest BCUT2D eigenvalue weighted by molar-refractivity contribution is -0.295. The van der Waals surface area contributed by atoms with Crippen LogP contribution in [0.2, 0.25) is 0 Å². The van der Waals surface area contributed by atoms with E-state index in [9.17, 15) is 19.2 Å². The van der Waals surface area contributed by atoms with Crippen molar-refractivity contribution < 1.29 is 42.9 Å². The van der Waals surface area contributed by atoms with E-state index in [0.717, 1.165) is 19.3 Å². The second kappa shape index (κ2) is 12.5. The van der Waals surface area contributed by atoms with Crippen LogP contribution in [-0.4, -0.2) is 67.2 Å². The van der Waals surface area contributed by atoms with Gasteiger partial charge in [0.2, 0.25) is 5.91 Å². The molecular weight excluding hydrogens is 446 g/mol. The number of carbonyl (C=O) groups excluding carboxylic acids is 4. The molecule has 10 heteroatoms. The number of carbonyl (C=O) groups is 4. The molecule has 2 rings (SSSR count). The highest BCUT2D eigenvalue weighted by Gasteiger charge is 2.52. The molecule has 0 aromatic rings. The van der Waals surface area contributed by atoms with Crippen molar-refractivity contribution in [1.29, 1.82) is 0 Å². The predicted octanol–water partition coefficient (Wildman–Crippen LogP) is 2.12. The molecule has 0 unspecified atom stereocenters. The minimum absolute atomic E-state index is 0.150. The fourth-order valence-electron chi connectivity index (χ4n) is 4.85. The summed E-state index contributed by atoms with van der Waals surface area (Å²) in [6, 6.07) is -0.940. The van der Waals surface area contributed by atoms with E-state index in [0.29, 0.717) is 11.8 Å². The number of hydrogen-bond donors (Lipinski definition) is 1. The Morgan fingerprint density at radius 1 is 0.941 bits per heavy atom. The van der Waals surface area contributed by atoms with E-state index in [2.05, 4.69) is 26.1 Å². The fourth-order valence-corrected chi connectivity index (χ4v) is 4.85. The Morgan fingerprint density at radius 3 is 2.09 bits per heavy atom. The summed E-state index contributed by atoms with van der Waals surface area (Å²) in [4.78, 5) is 47.4. The van der Waals surface area contributed by atoms with Gasteiger partial charge in [-0.05, 0) is 30.6 Å². The minimum Gasteiger partial charge on any atom is -0.463 e. The van der Waals surface area contributed by atoms with Crippen LogP contribution in [-0.2, 0) is 42.9 Å². The van der Waals surface area contributed by atoms with Gasteiger partial charge in [0.25, 0.3) is 0 Å². The molecule has 1 N–H and O–H groups in total. The van der Waals surface area contributed by atoms with E-state index in [4.69, 9.17) is 23.7 Å². The van der Waals surface area contributed by atoms with Crippen LogP contribution in [0.25, 0.3) is 0 Å². The molecule has 1 saturated carbocycles. The first-order valence-corrected chi connectivity index (χ1v) is 11.9. The summed E-state index contributed by atoms with van der Waals surface area (Å²) in [5.74, 6) is -1.10. The van der Waals surface area contributed by atoms with E-state index < -0.39 is 54.5 Å². The molecule has 194 valence electrons. The first kappa shape index (κ1) is 28.0. The Balaban J connectivity index is 2.43. The number of esters is 3. The summed E-state index contributed by atoms with van der Waals surface area (Å²) in [6.45, 7) is 11.2. The van der Waals surface area contributed by atoms with Crippen LogP contribution in [0.3, 0.4) is 0 Å². The van der Waals surface area contributed by atoms with Crippen LogP contribution >= 0.6 is 0 Å². The van der Waals surface area contributed by atoms with Crippen LogP contribution in [0, 0.1) is 17.8 Å². The lowest BCUT2D eigenvalue weighted by Gasteiger charge is -2.47. The van der Waals surface area contributed by atoms with Crippen molar-refractivity contribution in [2.24, 2.45) is 17.8 Å². The number of amides is 1. The average Bonchev–Trinajstić information content (AvgIpc) is 2.69. The van der Waals surface area contributed by atoms with Gasteiger partial charge in [0.1, 0.15) is 18.8 Å². The summed E-state index contributed by atoms with van der Waals surface area (Å²) in [7, 11) is 0. The third-order valence-corrected chi connectivity index (χ3v) is 6.34. The molecule has 1 saturated heterocycles. The maximum Gasteiger partial charge on any atom is 0.303 e. The monoisotopic (exact) mass is 485 g/mol. The molecule has 0 spiro atoms. The maximum absolute atomic E-state index is 12.1. The smallest absolute Gasteiger partial charge is 0.303 e. The Hall–Kier alpha value is -2.20. The number of nitrogens with one attached hydrogen (secondary N) is 1. The van der Waals surface area contributed by atoms with E-state index in [1.54, 1.807) is 0 Å². The summed E-state index contributed by atoms with van der Waals surface area (Å²) in [5, 5.41) is 2.76. The highest BCUT2D eigenvalue weighted by atomic mass is 16.7. The molecule has 0 aromatic carbocycles. The third-order valence-electron chi connectivity index (χ3n) is 6.34.